The molecular weight excluding hydrogens is 341 g/mol. The van der Waals surface area contributed by atoms with E-state index in [0.717, 1.165) is 25.7 Å². The highest BCUT2D eigenvalue weighted by atomic mass is 19.1. The number of rotatable bonds is 6. The van der Waals surface area contributed by atoms with Crippen LogP contribution in [-0.2, 0) is 25.7 Å². The summed E-state index contributed by atoms with van der Waals surface area (Å²) in [5.74, 6) is -1.69. The van der Waals surface area contributed by atoms with Crippen molar-refractivity contribution in [2.75, 3.05) is 13.7 Å². The van der Waals surface area contributed by atoms with Gasteiger partial charge in [-0.3, -0.25) is 19.3 Å². The lowest BCUT2D eigenvalue weighted by molar-refractivity contribution is -0.146. The van der Waals surface area contributed by atoms with Crippen molar-refractivity contribution in [2.24, 2.45) is 11.8 Å². The number of likely N-dealkylation sites (tertiary alicyclic amines) is 1. The van der Waals surface area contributed by atoms with Gasteiger partial charge in [-0.25, -0.2) is 4.39 Å². The van der Waals surface area contributed by atoms with Gasteiger partial charge >= 0.3 is 5.97 Å². The Hall–Kier alpha value is -2.44. The molecule has 1 aromatic carbocycles. The summed E-state index contributed by atoms with van der Waals surface area (Å²) in [4.78, 5) is 37.8. The minimum absolute atomic E-state index is 0.0421. The molecule has 1 saturated carbocycles. The van der Waals surface area contributed by atoms with Crippen LogP contribution in [-0.4, -0.2) is 36.3 Å². The average Bonchev–Trinajstić information content (AvgIpc) is 2.89. The first-order valence-corrected chi connectivity index (χ1v) is 8.84. The smallest absolute Gasteiger partial charge is 0.307 e. The molecule has 0 radical (unpaired) electrons. The number of ether oxygens (including phenoxy) is 2. The van der Waals surface area contributed by atoms with Gasteiger partial charge in [0.25, 0.3) is 0 Å². The van der Waals surface area contributed by atoms with Crippen LogP contribution in [0, 0.1) is 17.7 Å². The Kier molecular flexibility index (Phi) is 5.54. The number of fused-ring (bicyclic) bond motifs is 1. The summed E-state index contributed by atoms with van der Waals surface area (Å²) in [6.07, 6.45) is 3.37. The number of imide groups is 1. The predicted octanol–water partition coefficient (Wildman–Crippen LogP) is 2.44. The predicted molar refractivity (Wildman–Crippen MR) is 89.5 cm³/mol. The SMILES string of the molecule is COc1ccc(COC(=O)CCN2C(=O)[C@H]3CCCC[C@@H]3C2=O)cc1F. The van der Waals surface area contributed by atoms with E-state index in [0.29, 0.717) is 5.56 Å². The summed E-state index contributed by atoms with van der Waals surface area (Å²) < 4.78 is 23.6. The molecular formula is C19H22FNO5. The van der Waals surface area contributed by atoms with Gasteiger partial charge < -0.3 is 9.47 Å². The van der Waals surface area contributed by atoms with E-state index >= 15 is 0 Å². The molecule has 0 bridgehead atoms. The van der Waals surface area contributed by atoms with Crippen LogP contribution in [0.3, 0.4) is 0 Å². The molecule has 2 atom stereocenters. The quantitative estimate of drug-likeness (QED) is 0.573. The van der Waals surface area contributed by atoms with Crippen molar-refractivity contribution in [1.29, 1.82) is 0 Å². The second kappa shape index (κ2) is 7.85. The summed E-state index contributed by atoms with van der Waals surface area (Å²) in [5, 5.41) is 0. The largest absolute Gasteiger partial charge is 0.494 e. The lowest BCUT2D eigenvalue weighted by Gasteiger charge is -2.19. The van der Waals surface area contributed by atoms with Crippen LogP contribution in [0.2, 0.25) is 0 Å². The van der Waals surface area contributed by atoms with Crippen LogP contribution < -0.4 is 4.74 Å². The number of esters is 1. The fraction of sp³-hybridized carbons (Fsp3) is 0.526. The number of amides is 2. The lowest BCUT2D eigenvalue weighted by atomic mass is 9.81. The molecule has 0 aromatic heterocycles. The second-order valence-electron chi connectivity index (χ2n) is 6.71. The first-order chi connectivity index (χ1) is 12.5. The van der Waals surface area contributed by atoms with Crippen molar-refractivity contribution >= 4 is 17.8 Å². The topological polar surface area (TPSA) is 72.9 Å². The van der Waals surface area contributed by atoms with Gasteiger partial charge in [0.1, 0.15) is 6.61 Å². The van der Waals surface area contributed by atoms with Gasteiger partial charge in [0, 0.05) is 6.54 Å². The maximum atomic E-state index is 13.6. The molecule has 1 aromatic rings. The maximum absolute atomic E-state index is 13.6. The second-order valence-corrected chi connectivity index (χ2v) is 6.71. The van der Waals surface area contributed by atoms with Crippen molar-refractivity contribution in [1.82, 2.24) is 4.90 Å². The maximum Gasteiger partial charge on any atom is 0.307 e. The molecule has 7 heteroatoms. The van der Waals surface area contributed by atoms with Crippen LogP contribution >= 0.6 is 0 Å². The van der Waals surface area contributed by atoms with Gasteiger partial charge in [0.05, 0.1) is 25.4 Å². The summed E-state index contributed by atoms with van der Waals surface area (Å²) >= 11 is 0. The highest BCUT2D eigenvalue weighted by Gasteiger charge is 2.47. The van der Waals surface area contributed by atoms with E-state index in [9.17, 15) is 18.8 Å². The van der Waals surface area contributed by atoms with E-state index < -0.39 is 11.8 Å². The lowest BCUT2D eigenvalue weighted by Crippen LogP contribution is -2.33. The summed E-state index contributed by atoms with van der Waals surface area (Å²) in [5.41, 5.74) is 0.496. The number of halogens is 1. The molecule has 0 unspecified atom stereocenters. The molecule has 1 heterocycles. The molecule has 1 aliphatic carbocycles. The Bertz CT molecular complexity index is 696. The molecule has 0 spiro atoms. The van der Waals surface area contributed by atoms with Crippen molar-refractivity contribution in [3.63, 3.8) is 0 Å². The fourth-order valence-corrected chi connectivity index (χ4v) is 3.69. The number of nitrogens with zero attached hydrogens (tertiary/aromatic N) is 1. The minimum atomic E-state index is -0.531. The normalized spacial score (nSPS) is 22.3. The average molecular weight is 363 g/mol. The van der Waals surface area contributed by atoms with E-state index in [1.165, 1.54) is 24.1 Å². The Balaban J connectivity index is 1.49. The van der Waals surface area contributed by atoms with E-state index in [-0.39, 0.29) is 49.0 Å². The zero-order chi connectivity index (χ0) is 18.7. The van der Waals surface area contributed by atoms with Crippen molar-refractivity contribution in [2.45, 2.75) is 38.7 Å². The number of carbonyl (C=O) groups excluding carboxylic acids is 3. The van der Waals surface area contributed by atoms with E-state index in [4.69, 9.17) is 9.47 Å². The van der Waals surface area contributed by atoms with Gasteiger partial charge in [-0.05, 0) is 30.5 Å². The van der Waals surface area contributed by atoms with Crippen molar-refractivity contribution < 1.29 is 28.2 Å². The van der Waals surface area contributed by atoms with Crippen molar-refractivity contribution in [3.8, 4) is 5.75 Å². The zero-order valence-corrected chi connectivity index (χ0v) is 14.7. The third-order valence-electron chi connectivity index (χ3n) is 5.09. The first kappa shape index (κ1) is 18.4. The minimum Gasteiger partial charge on any atom is -0.494 e. The molecule has 3 rings (SSSR count). The van der Waals surface area contributed by atoms with Crippen LogP contribution in [0.1, 0.15) is 37.7 Å². The monoisotopic (exact) mass is 363 g/mol. The van der Waals surface area contributed by atoms with Crippen molar-refractivity contribution in [3.05, 3.63) is 29.6 Å². The number of hydrogen-bond donors (Lipinski definition) is 0. The third-order valence-corrected chi connectivity index (χ3v) is 5.09. The number of hydrogen-bond acceptors (Lipinski definition) is 5. The molecule has 2 fully saturated rings. The molecule has 6 nitrogen and oxygen atoms in total. The Labute approximate surface area is 151 Å². The Morgan fingerprint density at radius 1 is 1.19 bits per heavy atom. The van der Waals surface area contributed by atoms with E-state index in [1.54, 1.807) is 6.07 Å². The Morgan fingerprint density at radius 2 is 1.85 bits per heavy atom. The molecule has 2 aliphatic rings. The van der Waals surface area contributed by atoms with Crippen LogP contribution in [0.4, 0.5) is 4.39 Å². The van der Waals surface area contributed by atoms with Gasteiger partial charge in [0.2, 0.25) is 11.8 Å². The molecule has 1 saturated heterocycles. The van der Waals surface area contributed by atoms with E-state index in [2.05, 4.69) is 0 Å². The van der Waals surface area contributed by atoms with Gasteiger partial charge in [-0.15, -0.1) is 0 Å². The highest BCUT2D eigenvalue weighted by molar-refractivity contribution is 6.05. The molecule has 26 heavy (non-hydrogen) atoms. The number of methoxy groups -OCH3 is 1. The van der Waals surface area contributed by atoms with Crippen LogP contribution in [0.25, 0.3) is 0 Å². The third kappa shape index (κ3) is 3.71. The Morgan fingerprint density at radius 3 is 2.42 bits per heavy atom. The fourth-order valence-electron chi connectivity index (χ4n) is 3.69. The summed E-state index contributed by atoms with van der Waals surface area (Å²) in [6.45, 7) is -0.0344. The standard InChI is InChI=1S/C19H22FNO5/c1-25-16-7-6-12(10-15(16)20)11-26-17(22)8-9-21-18(23)13-4-2-3-5-14(13)19(21)24/h6-7,10,13-14H,2-5,8-9,11H2,1H3/t13-,14-/m0/s1. The van der Waals surface area contributed by atoms with Crippen LogP contribution in [0.15, 0.2) is 18.2 Å². The van der Waals surface area contributed by atoms with Crippen LogP contribution in [0.5, 0.6) is 5.75 Å². The number of carbonyl (C=O) groups is 3. The van der Waals surface area contributed by atoms with Gasteiger partial charge in [0.15, 0.2) is 11.6 Å². The molecule has 1 aliphatic heterocycles. The highest BCUT2D eigenvalue weighted by Crippen LogP contribution is 2.37. The zero-order valence-electron chi connectivity index (χ0n) is 14.7. The first-order valence-electron chi connectivity index (χ1n) is 8.84. The van der Waals surface area contributed by atoms with E-state index in [1.807, 2.05) is 0 Å². The van der Waals surface area contributed by atoms with Gasteiger partial charge in [-0.2, -0.15) is 0 Å². The number of benzene rings is 1. The van der Waals surface area contributed by atoms with Gasteiger partial charge in [-0.1, -0.05) is 18.9 Å². The molecule has 140 valence electrons. The summed E-state index contributed by atoms with van der Waals surface area (Å²) in [6, 6.07) is 4.31. The molecule has 2 amide bonds. The molecule has 0 N–H and O–H groups in total. The summed E-state index contributed by atoms with van der Waals surface area (Å²) in [7, 11) is 1.37.